The van der Waals surface area contributed by atoms with Gasteiger partial charge in [0.2, 0.25) is 0 Å². The molecule has 3 rings (SSSR count). The van der Waals surface area contributed by atoms with Crippen LogP contribution >= 0.6 is 0 Å². The Morgan fingerprint density at radius 1 is 1.09 bits per heavy atom. The molecule has 1 amide bonds. The Morgan fingerprint density at radius 3 is 2.34 bits per heavy atom. The molecule has 0 saturated carbocycles. The maximum atomic E-state index is 12.7. The van der Waals surface area contributed by atoms with Crippen LogP contribution in [-0.4, -0.2) is 50.0 Å². The highest BCUT2D eigenvalue weighted by molar-refractivity contribution is 5.93. The summed E-state index contributed by atoms with van der Waals surface area (Å²) in [5.74, 6) is 0.561. The number of benzene rings is 2. The van der Waals surface area contributed by atoms with Gasteiger partial charge in [-0.3, -0.25) is 14.7 Å². The minimum Gasteiger partial charge on any atom is -0.355 e. The lowest BCUT2D eigenvalue weighted by atomic mass is 10.1. The van der Waals surface area contributed by atoms with Gasteiger partial charge in [-0.2, -0.15) is 13.2 Å². The summed E-state index contributed by atoms with van der Waals surface area (Å²) in [4.78, 5) is 18.1. The van der Waals surface area contributed by atoms with Gasteiger partial charge in [0.1, 0.15) is 0 Å². The second kappa shape index (κ2) is 10.5. The molecule has 0 aliphatic carbocycles. The first-order chi connectivity index (χ1) is 15.3. The molecule has 1 heterocycles. The van der Waals surface area contributed by atoms with E-state index >= 15 is 0 Å². The van der Waals surface area contributed by atoms with E-state index in [0.717, 1.165) is 42.8 Å². The van der Waals surface area contributed by atoms with E-state index in [9.17, 15) is 18.0 Å². The molecular weight excluding hydrogens is 419 g/mol. The van der Waals surface area contributed by atoms with E-state index < -0.39 is 11.7 Å². The summed E-state index contributed by atoms with van der Waals surface area (Å²) in [6.07, 6.45) is -3.39. The third-order valence-corrected chi connectivity index (χ3v) is 5.43. The molecule has 3 N–H and O–H groups in total. The number of rotatable bonds is 6. The number of alkyl halides is 3. The molecule has 9 heteroatoms. The zero-order valence-corrected chi connectivity index (χ0v) is 18.2. The maximum absolute atomic E-state index is 12.7. The zero-order chi connectivity index (χ0) is 23.1. The molecule has 1 aliphatic rings. The van der Waals surface area contributed by atoms with E-state index in [1.165, 1.54) is 0 Å². The van der Waals surface area contributed by atoms with Crippen LogP contribution in [0.15, 0.2) is 53.5 Å². The molecule has 1 saturated heterocycles. The number of guanidine groups is 1. The molecule has 0 spiro atoms. The average molecular weight is 448 g/mol. The molecule has 0 bridgehead atoms. The van der Waals surface area contributed by atoms with Crippen LogP contribution in [0.5, 0.6) is 0 Å². The van der Waals surface area contributed by atoms with E-state index in [-0.39, 0.29) is 11.9 Å². The van der Waals surface area contributed by atoms with Crippen LogP contribution in [0.2, 0.25) is 0 Å². The number of hydrogen-bond donors (Lipinski definition) is 3. The van der Waals surface area contributed by atoms with Gasteiger partial charge in [-0.15, -0.1) is 0 Å². The number of hydrogen-bond acceptors (Lipinski definition) is 3. The standard InChI is InChI=1S/C23H28F3N5O/c1-27-21(32)18-7-3-16(4-8-18)13-29-22(28-2)30-20-11-12-31(15-20)14-17-5-9-19(10-6-17)23(24,25)26/h3-10,20H,11-15H2,1-2H3,(H,27,32)(H2,28,29,30). The van der Waals surface area contributed by atoms with Crippen molar-refractivity contribution in [3.8, 4) is 0 Å². The number of nitrogens with zero attached hydrogens (tertiary/aromatic N) is 2. The van der Waals surface area contributed by atoms with Crippen molar-refractivity contribution in [2.75, 3.05) is 27.2 Å². The monoisotopic (exact) mass is 447 g/mol. The smallest absolute Gasteiger partial charge is 0.355 e. The molecule has 1 aliphatic heterocycles. The van der Waals surface area contributed by atoms with Crippen molar-refractivity contribution in [3.63, 3.8) is 0 Å². The second-order valence-corrected chi connectivity index (χ2v) is 7.76. The number of amides is 1. The molecule has 2 aromatic carbocycles. The molecule has 172 valence electrons. The molecule has 6 nitrogen and oxygen atoms in total. The number of carbonyl (C=O) groups is 1. The predicted molar refractivity (Wildman–Crippen MR) is 118 cm³/mol. The minimum atomic E-state index is -4.31. The normalized spacial score (nSPS) is 17.3. The molecule has 1 unspecified atom stereocenters. The zero-order valence-electron chi connectivity index (χ0n) is 18.2. The molecule has 0 aromatic heterocycles. The maximum Gasteiger partial charge on any atom is 0.416 e. The third kappa shape index (κ3) is 6.46. The summed E-state index contributed by atoms with van der Waals surface area (Å²) in [6.45, 7) is 2.81. The highest BCUT2D eigenvalue weighted by Crippen LogP contribution is 2.29. The summed E-state index contributed by atoms with van der Waals surface area (Å²) in [5, 5.41) is 9.27. The molecular formula is C23H28F3N5O. The Morgan fingerprint density at radius 2 is 1.75 bits per heavy atom. The van der Waals surface area contributed by atoms with Gasteiger partial charge in [-0.05, 0) is 41.8 Å². The fourth-order valence-electron chi connectivity index (χ4n) is 3.64. The van der Waals surface area contributed by atoms with Crippen LogP contribution in [0, 0.1) is 0 Å². The first-order valence-electron chi connectivity index (χ1n) is 10.4. The highest BCUT2D eigenvalue weighted by atomic mass is 19.4. The van der Waals surface area contributed by atoms with Crippen LogP contribution in [0.4, 0.5) is 13.2 Å². The van der Waals surface area contributed by atoms with Crippen LogP contribution in [-0.2, 0) is 19.3 Å². The average Bonchev–Trinajstić information content (AvgIpc) is 3.22. The molecule has 0 radical (unpaired) electrons. The van der Waals surface area contributed by atoms with Crippen molar-refractivity contribution in [2.24, 2.45) is 4.99 Å². The van der Waals surface area contributed by atoms with E-state index in [0.29, 0.717) is 24.6 Å². The van der Waals surface area contributed by atoms with Gasteiger partial charge in [0, 0.05) is 51.9 Å². The summed E-state index contributed by atoms with van der Waals surface area (Å²) in [5.41, 5.74) is 1.87. The Bertz CT molecular complexity index is 926. The fraction of sp³-hybridized carbons (Fsp3) is 0.391. The topological polar surface area (TPSA) is 68.8 Å². The van der Waals surface area contributed by atoms with E-state index in [1.54, 1.807) is 38.4 Å². The van der Waals surface area contributed by atoms with Gasteiger partial charge in [0.25, 0.3) is 5.91 Å². The van der Waals surface area contributed by atoms with Gasteiger partial charge in [-0.1, -0.05) is 24.3 Å². The van der Waals surface area contributed by atoms with Crippen molar-refractivity contribution >= 4 is 11.9 Å². The summed E-state index contributed by atoms with van der Waals surface area (Å²) < 4.78 is 38.1. The molecule has 2 aromatic rings. The highest BCUT2D eigenvalue weighted by Gasteiger charge is 2.30. The molecule has 32 heavy (non-hydrogen) atoms. The number of halogens is 3. The molecule has 1 atom stereocenters. The number of carbonyl (C=O) groups excluding carboxylic acids is 1. The lowest BCUT2D eigenvalue weighted by Gasteiger charge is -2.19. The Balaban J connectivity index is 1.46. The Labute approximate surface area is 185 Å². The van der Waals surface area contributed by atoms with Crippen molar-refractivity contribution in [3.05, 3.63) is 70.8 Å². The van der Waals surface area contributed by atoms with E-state index in [1.807, 2.05) is 12.1 Å². The van der Waals surface area contributed by atoms with Crippen LogP contribution in [0.1, 0.15) is 33.5 Å². The van der Waals surface area contributed by atoms with Gasteiger partial charge in [0.05, 0.1) is 5.56 Å². The van der Waals surface area contributed by atoms with Crippen LogP contribution in [0.25, 0.3) is 0 Å². The second-order valence-electron chi connectivity index (χ2n) is 7.76. The van der Waals surface area contributed by atoms with Gasteiger partial charge >= 0.3 is 6.18 Å². The Hall–Kier alpha value is -3.07. The van der Waals surface area contributed by atoms with Crippen molar-refractivity contribution < 1.29 is 18.0 Å². The van der Waals surface area contributed by atoms with Crippen molar-refractivity contribution in [1.29, 1.82) is 0 Å². The van der Waals surface area contributed by atoms with Crippen molar-refractivity contribution in [2.45, 2.75) is 31.7 Å². The van der Waals surface area contributed by atoms with Crippen molar-refractivity contribution in [1.82, 2.24) is 20.9 Å². The first-order valence-corrected chi connectivity index (χ1v) is 10.4. The van der Waals surface area contributed by atoms with E-state index in [4.69, 9.17) is 0 Å². The number of nitrogens with one attached hydrogen (secondary N) is 3. The lowest BCUT2D eigenvalue weighted by molar-refractivity contribution is -0.137. The quantitative estimate of drug-likeness (QED) is 0.471. The molecule has 1 fully saturated rings. The Kier molecular flexibility index (Phi) is 7.74. The SMILES string of the molecule is CN=C(NCc1ccc(C(=O)NC)cc1)NC1CCN(Cc2ccc(C(F)(F)F)cc2)C1. The first kappa shape index (κ1) is 23.6. The van der Waals surface area contributed by atoms with Gasteiger partial charge in [-0.25, -0.2) is 0 Å². The predicted octanol–water partition coefficient (Wildman–Crippen LogP) is 3.00. The number of aliphatic imine (C=N–C) groups is 1. The minimum absolute atomic E-state index is 0.121. The van der Waals surface area contributed by atoms with Gasteiger partial charge in [0.15, 0.2) is 5.96 Å². The summed E-state index contributed by atoms with van der Waals surface area (Å²) in [7, 11) is 3.31. The largest absolute Gasteiger partial charge is 0.416 e. The number of likely N-dealkylation sites (tertiary alicyclic amines) is 1. The summed E-state index contributed by atoms with van der Waals surface area (Å²) in [6, 6.07) is 12.9. The van der Waals surface area contributed by atoms with E-state index in [2.05, 4.69) is 25.8 Å². The third-order valence-electron chi connectivity index (χ3n) is 5.43. The fourth-order valence-corrected chi connectivity index (χ4v) is 3.64. The van der Waals surface area contributed by atoms with Crippen LogP contribution < -0.4 is 16.0 Å². The van der Waals surface area contributed by atoms with Gasteiger partial charge < -0.3 is 16.0 Å². The summed E-state index contributed by atoms with van der Waals surface area (Å²) >= 11 is 0. The lowest BCUT2D eigenvalue weighted by Crippen LogP contribution is -2.44. The van der Waals surface area contributed by atoms with Crippen LogP contribution in [0.3, 0.4) is 0 Å².